The average Bonchev–Trinajstić information content (AvgIpc) is 3.00. The number of rotatable bonds is 12. The van der Waals surface area contributed by atoms with E-state index in [0.717, 1.165) is 27.1 Å². The molecule has 0 spiro atoms. The Morgan fingerprint density at radius 3 is 2.11 bits per heavy atom. The first kappa shape index (κ1) is 32.7. The summed E-state index contributed by atoms with van der Waals surface area (Å²) in [6.45, 7) is 4.96. The Balaban J connectivity index is 1.82. The first-order chi connectivity index (χ1) is 21.0. The SMILES string of the molecule is Cc1ccccc1CN(C(=O)CN(c1ccc(F)c(Cl)c1)S(=O)(=O)c1ccccc1)[C@H](Cc1ccccc1)C(=O)NC(C)C. The van der Waals surface area contributed by atoms with Crippen molar-refractivity contribution in [1.29, 1.82) is 0 Å². The van der Waals surface area contributed by atoms with Crippen LogP contribution in [0.5, 0.6) is 0 Å². The highest BCUT2D eigenvalue weighted by atomic mass is 35.5. The summed E-state index contributed by atoms with van der Waals surface area (Å²) in [5.74, 6) is -1.71. The number of aryl methyl sites for hydroxylation is 1. The number of sulfonamides is 1. The van der Waals surface area contributed by atoms with Gasteiger partial charge in [-0.05, 0) is 67.8 Å². The van der Waals surface area contributed by atoms with E-state index in [0.29, 0.717) is 0 Å². The minimum Gasteiger partial charge on any atom is -0.352 e. The van der Waals surface area contributed by atoms with E-state index in [9.17, 15) is 22.4 Å². The highest BCUT2D eigenvalue weighted by molar-refractivity contribution is 7.92. The van der Waals surface area contributed by atoms with Gasteiger partial charge in [0.15, 0.2) is 0 Å². The molecule has 4 aromatic carbocycles. The molecule has 2 amide bonds. The topological polar surface area (TPSA) is 86.8 Å². The first-order valence-corrected chi connectivity index (χ1v) is 16.0. The van der Waals surface area contributed by atoms with Crippen molar-refractivity contribution in [3.63, 3.8) is 0 Å². The third kappa shape index (κ3) is 8.03. The maximum absolute atomic E-state index is 14.4. The van der Waals surface area contributed by atoms with Crippen LogP contribution in [-0.2, 0) is 32.6 Å². The van der Waals surface area contributed by atoms with Crippen LogP contribution < -0.4 is 9.62 Å². The van der Waals surface area contributed by atoms with Gasteiger partial charge in [0.05, 0.1) is 15.6 Å². The maximum Gasteiger partial charge on any atom is 0.264 e. The summed E-state index contributed by atoms with van der Waals surface area (Å²) in [6.07, 6.45) is 0.199. The number of carbonyl (C=O) groups is 2. The van der Waals surface area contributed by atoms with E-state index in [2.05, 4.69) is 5.32 Å². The van der Waals surface area contributed by atoms with Crippen LogP contribution in [0.25, 0.3) is 0 Å². The Kier molecular flexibility index (Phi) is 10.8. The summed E-state index contributed by atoms with van der Waals surface area (Å²) in [5, 5.41) is 2.64. The van der Waals surface area contributed by atoms with Gasteiger partial charge in [-0.3, -0.25) is 13.9 Å². The number of hydrogen-bond acceptors (Lipinski definition) is 4. The number of hydrogen-bond donors (Lipinski definition) is 1. The molecule has 230 valence electrons. The molecule has 44 heavy (non-hydrogen) atoms. The molecular weight excluding hydrogens is 601 g/mol. The Hall–Kier alpha value is -4.21. The Labute approximate surface area is 263 Å². The van der Waals surface area contributed by atoms with Crippen LogP contribution in [0.15, 0.2) is 108 Å². The molecule has 4 aromatic rings. The molecule has 1 atom stereocenters. The van der Waals surface area contributed by atoms with Gasteiger partial charge in [-0.1, -0.05) is 84.4 Å². The van der Waals surface area contributed by atoms with Gasteiger partial charge >= 0.3 is 0 Å². The second-order valence-electron chi connectivity index (χ2n) is 10.7. The Morgan fingerprint density at radius 2 is 1.50 bits per heavy atom. The van der Waals surface area contributed by atoms with Crippen molar-refractivity contribution in [2.24, 2.45) is 0 Å². The van der Waals surface area contributed by atoms with E-state index in [-0.39, 0.29) is 40.5 Å². The minimum atomic E-state index is -4.31. The third-order valence-electron chi connectivity index (χ3n) is 7.11. The lowest BCUT2D eigenvalue weighted by Crippen LogP contribution is -2.54. The minimum absolute atomic E-state index is 0.00989. The summed E-state index contributed by atoms with van der Waals surface area (Å²) in [6, 6.07) is 26.8. The van der Waals surface area contributed by atoms with Crippen LogP contribution in [0.1, 0.15) is 30.5 Å². The molecule has 0 heterocycles. The summed E-state index contributed by atoms with van der Waals surface area (Å²) < 4.78 is 43.0. The van der Waals surface area contributed by atoms with E-state index in [4.69, 9.17) is 11.6 Å². The standard InChI is InChI=1S/C34H35ClFN3O4S/c1-24(2)37-34(41)32(20-26-13-6-4-7-14-26)38(22-27-15-11-10-12-25(27)3)33(40)23-39(28-18-19-31(36)30(35)21-28)44(42,43)29-16-8-5-9-17-29/h4-19,21,24,32H,20,22-23H2,1-3H3,(H,37,41)/t32-/m1/s1. The molecule has 0 aliphatic carbocycles. The number of anilines is 1. The maximum atomic E-state index is 14.4. The van der Waals surface area contributed by atoms with Crippen molar-refractivity contribution in [3.05, 3.63) is 131 Å². The van der Waals surface area contributed by atoms with Gasteiger partial charge in [-0.25, -0.2) is 12.8 Å². The fraction of sp³-hybridized carbons (Fsp3) is 0.235. The van der Waals surface area contributed by atoms with Crippen LogP contribution in [-0.4, -0.2) is 43.8 Å². The van der Waals surface area contributed by atoms with Crippen LogP contribution in [0.3, 0.4) is 0 Å². The number of halogens is 2. The van der Waals surface area contributed by atoms with Gasteiger partial charge in [0, 0.05) is 19.0 Å². The molecular formula is C34H35ClFN3O4S. The summed E-state index contributed by atoms with van der Waals surface area (Å²) in [4.78, 5) is 29.5. The van der Waals surface area contributed by atoms with E-state index < -0.39 is 34.3 Å². The zero-order valence-electron chi connectivity index (χ0n) is 24.8. The van der Waals surface area contributed by atoms with Crippen molar-refractivity contribution in [2.75, 3.05) is 10.8 Å². The average molecular weight is 636 g/mol. The molecule has 0 aliphatic heterocycles. The quantitative estimate of drug-likeness (QED) is 0.202. The second-order valence-corrected chi connectivity index (χ2v) is 13.0. The molecule has 7 nitrogen and oxygen atoms in total. The highest BCUT2D eigenvalue weighted by Crippen LogP contribution is 2.28. The van der Waals surface area contributed by atoms with Crippen molar-refractivity contribution >= 4 is 39.1 Å². The highest BCUT2D eigenvalue weighted by Gasteiger charge is 2.35. The lowest BCUT2D eigenvalue weighted by molar-refractivity contribution is -0.140. The van der Waals surface area contributed by atoms with Gasteiger partial charge in [0.1, 0.15) is 18.4 Å². The van der Waals surface area contributed by atoms with Gasteiger partial charge in [-0.2, -0.15) is 0 Å². The smallest absolute Gasteiger partial charge is 0.264 e. The van der Waals surface area contributed by atoms with Crippen molar-refractivity contribution < 1.29 is 22.4 Å². The van der Waals surface area contributed by atoms with Crippen LogP contribution in [0.4, 0.5) is 10.1 Å². The van der Waals surface area contributed by atoms with Crippen molar-refractivity contribution in [1.82, 2.24) is 10.2 Å². The second kappa shape index (κ2) is 14.5. The van der Waals surface area contributed by atoms with Gasteiger partial charge < -0.3 is 10.2 Å². The van der Waals surface area contributed by atoms with E-state index in [1.165, 1.54) is 29.2 Å². The summed E-state index contributed by atoms with van der Waals surface area (Å²) in [7, 11) is -4.31. The molecule has 0 aliphatic rings. The molecule has 0 radical (unpaired) electrons. The van der Waals surface area contributed by atoms with Gasteiger partial charge in [0.2, 0.25) is 11.8 Å². The fourth-order valence-corrected chi connectivity index (χ4v) is 6.40. The molecule has 0 unspecified atom stereocenters. The molecule has 4 rings (SSSR count). The van der Waals surface area contributed by atoms with Gasteiger partial charge in [-0.15, -0.1) is 0 Å². The lowest BCUT2D eigenvalue weighted by atomic mass is 10.0. The zero-order valence-corrected chi connectivity index (χ0v) is 26.4. The molecule has 10 heteroatoms. The van der Waals surface area contributed by atoms with Crippen LogP contribution in [0.2, 0.25) is 5.02 Å². The van der Waals surface area contributed by atoms with Gasteiger partial charge in [0.25, 0.3) is 10.0 Å². The predicted octanol–water partition coefficient (Wildman–Crippen LogP) is 6.15. The van der Waals surface area contributed by atoms with Crippen LogP contribution in [0, 0.1) is 12.7 Å². The Bertz CT molecular complexity index is 1700. The summed E-state index contributed by atoms with van der Waals surface area (Å²) in [5.41, 5.74) is 2.56. The number of carbonyl (C=O) groups excluding carboxylic acids is 2. The fourth-order valence-electron chi connectivity index (χ4n) is 4.79. The van der Waals surface area contributed by atoms with Crippen LogP contribution >= 0.6 is 11.6 Å². The largest absolute Gasteiger partial charge is 0.352 e. The molecule has 0 saturated carbocycles. The molecule has 1 N–H and O–H groups in total. The van der Waals surface area contributed by atoms with E-state index in [1.54, 1.807) is 18.2 Å². The molecule has 0 saturated heterocycles. The lowest BCUT2D eigenvalue weighted by Gasteiger charge is -2.34. The zero-order chi connectivity index (χ0) is 31.9. The van der Waals surface area contributed by atoms with E-state index >= 15 is 0 Å². The number of benzene rings is 4. The summed E-state index contributed by atoms with van der Waals surface area (Å²) >= 11 is 6.06. The van der Waals surface area contributed by atoms with Crippen molar-refractivity contribution in [2.45, 2.75) is 50.7 Å². The number of amides is 2. The third-order valence-corrected chi connectivity index (χ3v) is 9.18. The van der Waals surface area contributed by atoms with E-state index in [1.807, 2.05) is 75.4 Å². The number of nitrogens with one attached hydrogen (secondary N) is 1. The first-order valence-electron chi connectivity index (χ1n) is 14.2. The van der Waals surface area contributed by atoms with Crippen molar-refractivity contribution in [3.8, 4) is 0 Å². The predicted molar refractivity (Wildman–Crippen MR) is 171 cm³/mol. The molecule has 0 aromatic heterocycles. The monoisotopic (exact) mass is 635 g/mol. The molecule has 0 fully saturated rings. The number of nitrogens with zero attached hydrogens (tertiary/aromatic N) is 2. The Morgan fingerprint density at radius 1 is 0.886 bits per heavy atom. The molecule has 0 bridgehead atoms. The normalized spacial score (nSPS) is 12.0.